The standard InChI is InChI=1S/C20H22N2O4/c1-25-17-9-5-3-7-13(17)11-15-19(23)22-16(20(24)21-15)12-14-8-4-6-10-18(14)26-2/h3-10,15-16H,11-12H2,1-2H3,(H,21,24)(H,22,23)/t15-,16-/m0/s1. The molecule has 3 rings (SSSR count). The summed E-state index contributed by atoms with van der Waals surface area (Å²) in [6.07, 6.45) is 0.756. The van der Waals surface area contributed by atoms with Crippen molar-refractivity contribution in [2.45, 2.75) is 24.9 Å². The van der Waals surface area contributed by atoms with Crippen molar-refractivity contribution in [3.8, 4) is 11.5 Å². The zero-order chi connectivity index (χ0) is 18.5. The van der Waals surface area contributed by atoms with Crippen molar-refractivity contribution in [2.24, 2.45) is 0 Å². The first-order valence-corrected chi connectivity index (χ1v) is 8.47. The van der Waals surface area contributed by atoms with Crippen LogP contribution in [0.1, 0.15) is 11.1 Å². The molecule has 2 N–H and O–H groups in total. The monoisotopic (exact) mass is 354 g/mol. The fraction of sp³-hybridized carbons (Fsp3) is 0.300. The molecule has 136 valence electrons. The molecule has 0 aliphatic carbocycles. The van der Waals surface area contributed by atoms with Crippen LogP contribution in [-0.4, -0.2) is 38.1 Å². The highest BCUT2D eigenvalue weighted by Crippen LogP contribution is 2.22. The van der Waals surface area contributed by atoms with E-state index < -0.39 is 12.1 Å². The largest absolute Gasteiger partial charge is 0.496 e. The maximum absolute atomic E-state index is 12.5. The lowest BCUT2D eigenvalue weighted by Crippen LogP contribution is -2.62. The van der Waals surface area contributed by atoms with Crippen molar-refractivity contribution in [3.63, 3.8) is 0 Å². The number of rotatable bonds is 6. The van der Waals surface area contributed by atoms with Gasteiger partial charge in [0.2, 0.25) is 11.8 Å². The Labute approximate surface area is 152 Å². The number of carbonyl (C=O) groups excluding carboxylic acids is 2. The molecule has 2 aromatic rings. The molecule has 0 unspecified atom stereocenters. The third-order valence-corrected chi connectivity index (χ3v) is 4.50. The van der Waals surface area contributed by atoms with Crippen LogP contribution in [0, 0.1) is 0 Å². The van der Waals surface area contributed by atoms with Crippen molar-refractivity contribution in [1.82, 2.24) is 10.6 Å². The summed E-state index contributed by atoms with van der Waals surface area (Å²) in [5.41, 5.74) is 1.75. The molecule has 1 heterocycles. The number of amides is 2. The normalized spacial score (nSPS) is 19.5. The summed E-state index contributed by atoms with van der Waals surface area (Å²) in [5, 5.41) is 5.65. The number of para-hydroxylation sites is 2. The van der Waals surface area contributed by atoms with Crippen molar-refractivity contribution >= 4 is 11.8 Å². The van der Waals surface area contributed by atoms with Crippen LogP contribution in [0.4, 0.5) is 0 Å². The highest BCUT2D eigenvalue weighted by Gasteiger charge is 2.34. The summed E-state index contributed by atoms with van der Waals surface area (Å²) in [6, 6.07) is 13.7. The summed E-state index contributed by atoms with van der Waals surface area (Å²) >= 11 is 0. The molecule has 0 aromatic heterocycles. The average Bonchev–Trinajstić information content (AvgIpc) is 2.66. The molecule has 2 amide bonds. The maximum atomic E-state index is 12.5. The van der Waals surface area contributed by atoms with Gasteiger partial charge in [-0.25, -0.2) is 0 Å². The number of nitrogens with one attached hydrogen (secondary N) is 2. The smallest absolute Gasteiger partial charge is 0.243 e. The van der Waals surface area contributed by atoms with E-state index in [9.17, 15) is 9.59 Å². The summed E-state index contributed by atoms with van der Waals surface area (Å²) in [4.78, 5) is 25.0. The van der Waals surface area contributed by atoms with Gasteiger partial charge in [0.25, 0.3) is 0 Å². The van der Waals surface area contributed by atoms with Gasteiger partial charge >= 0.3 is 0 Å². The zero-order valence-corrected chi connectivity index (χ0v) is 14.8. The number of methoxy groups -OCH3 is 2. The minimum absolute atomic E-state index is 0.199. The number of benzene rings is 2. The van der Waals surface area contributed by atoms with Gasteiger partial charge in [-0.05, 0) is 23.3 Å². The van der Waals surface area contributed by atoms with Gasteiger partial charge in [0, 0.05) is 12.8 Å². The van der Waals surface area contributed by atoms with E-state index in [1.807, 2.05) is 48.5 Å². The van der Waals surface area contributed by atoms with Crippen LogP contribution in [0.3, 0.4) is 0 Å². The molecular formula is C20H22N2O4. The Morgan fingerprint density at radius 1 is 0.731 bits per heavy atom. The van der Waals surface area contributed by atoms with Gasteiger partial charge in [-0.15, -0.1) is 0 Å². The Morgan fingerprint density at radius 3 is 1.50 bits per heavy atom. The Bertz CT molecular complexity index is 738. The second-order valence-electron chi connectivity index (χ2n) is 6.15. The van der Waals surface area contributed by atoms with Gasteiger partial charge in [0.1, 0.15) is 23.6 Å². The van der Waals surface area contributed by atoms with Gasteiger partial charge in [-0.3, -0.25) is 9.59 Å². The molecule has 1 fully saturated rings. The molecular weight excluding hydrogens is 332 g/mol. The second-order valence-corrected chi connectivity index (χ2v) is 6.15. The van der Waals surface area contributed by atoms with Crippen LogP contribution in [-0.2, 0) is 22.4 Å². The first-order chi connectivity index (χ1) is 12.6. The lowest BCUT2D eigenvalue weighted by molar-refractivity contribution is -0.136. The van der Waals surface area contributed by atoms with E-state index >= 15 is 0 Å². The summed E-state index contributed by atoms with van der Waals surface area (Å²) in [7, 11) is 3.17. The van der Waals surface area contributed by atoms with E-state index in [0.29, 0.717) is 24.3 Å². The van der Waals surface area contributed by atoms with Crippen LogP contribution in [0.5, 0.6) is 11.5 Å². The van der Waals surface area contributed by atoms with Crippen LogP contribution >= 0.6 is 0 Å². The Kier molecular flexibility index (Phi) is 5.41. The fourth-order valence-corrected chi connectivity index (χ4v) is 3.15. The first-order valence-electron chi connectivity index (χ1n) is 8.47. The van der Waals surface area contributed by atoms with Crippen LogP contribution in [0.15, 0.2) is 48.5 Å². The predicted octanol–water partition coefficient (Wildman–Crippen LogP) is 1.47. The van der Waals surface area contributed by atoms with Crippen LogP contribution in [0.2, 0.25) is 0 Å². The van der Waals surface area contributed by atoms with Gasteiger partial charge in [0.15, 0.2) is 0 Å². The molecule has 6 nitrogen and oxygen atoms in total. The fourth-order valence-electron chi connectivity index (χ4n) is 3.15. The van der Waals surface area contributed by atoms with Gasteiger partial charge < -0.3 is 20.1 Å². The number of hydrogen-bond donors (Lipinski definition) is 2. The van der Waals surface area contributed by atoms with E-state index in [0.717, 1.165) is 11.1 Å². The van der Waals surface area contributed by atoms with Crippen molar-refractivity contribution in [3.05, 3.63) is 59.7 Å². The Balaban J connectivity index is 1.69. The molecule has 0 bridgehead atoms. The molecule has 0 spiro atoms. The van der Waals surface area contributed by atoms with Gasteiger partial charge in [-0.2, -0.15) is 0 Å². The number of ether oxygens (including phenoxy) is 2. The highest BCUT2D eigenvalue weighted by molar-refractivity contribution is 5.97. The quantitative estimate of drug-likeness (QED) is 0.824. The van der Waals surface area contributed by atoms with E-state index in [1.54, 1.807) is 14.2 Å². The van der Waals surface area contributed by atoms with Crippen LogP contribution in [0.25, 0.3) is 0 Å². The van der Waals surface area contributed by atoms with Gasteiger partial charge in [-0.1, -0.05) is 36.4 Å². The molecule has 26 heavy (non-hydrogen) atoms. The zero-order valence-electron chi connectivity index (χ0n) is 14.8. The molecule has 0 saturated carbocycles. The van der Waals surface area contributed by atoms with E-state index in [4.69, 9.17) is 9.47 Å². The van der Waals surface area contributed by atoms with E-state index in [-0.39, 0.29) is 11.8 Å². The molecule has 6 heteroatoms. The lowest BCUT2D eigenvalue weighted by Gasteiger charge is -2.30. The minimum atomic E-state index is -0.618. The third-order valence-electron chi connectivity index (χ3n) is 4.50. The number of hydrogen-bond acceptors (Lipinski definition) is 4. The minimum Gasteiger partial charge on any atom is -0.496 e. The SMILES string of the molecule is COc1ccccc1C[C@@H]1NC(=O)[C@H](Cc2ccccc2OC)NC1=O. The second kappa shape index (κ2) is 7.91. The summed E-state index contributed by atoms with van der Waals surface area (Å²) < 4.78 is 10.6. The molecule has 1 aliphatic heterocycles. The molecule has 0 radical (unpaired) electrons. The predicted molar refractivity (Wildman–Crippen MR) is 97.3 cm³/mol. The average molecular weight is 354 g/mol. The Morgan fingerprint density at radius 2 is 1.12 bits per heavy atom. The van der Waals surface area contributed by atoms with E-state index in [1.165, 1.54) is 0 Å². The molecule has 2 aromatic carbocycles. The summed E-state index contributed by atoms with van der Waals surface area (Å²) in [5.74, 6) is 1.00. The molecule has 1 aliphatic rings. The lowest BCUT2D eigenvalue weighted by atomic mass is 9.98. The Hall–Kier alpha value is -3.02. The number of piperazine rings is 1. The van der Waals surface area contributed by atoms with E-state index in [2.05, 4.69) is 10.6 Å². The topological polar surface area (TPSA) is 76.7 Å². The van der Waals surface area contributed by atoms with Crippen molar-refractivity contribution < 1.29 is 19.1 Å². The number of carbonyl (C=O) groups is 2. The van der Waals surface area contributed by atoms with Crippen molar-refractivity contribution in [1.29, 1.82) is 0 Å². The maximum Gasteiger partial charge on any atom is 0.243 e. The molecule has 2 atom stereocenters. The summed E-state index contributed by atoms with van der Waals surface area (Å²) in [6.45, 7) is 0. The first kappa shape index (κ1) is 17.8. The van der Waals surface area contributed by atoms with Crippen LogP contribution < -0.4 is 20.1 Å². The molecule has 1 saturated heterocycles. The third kappa shape index (κ3) is 3.79. The van der Waals surface area contributed by atoms with Crippen molar-refractivity contribution in [2.75, 3.05) is 14.2 Å². The highest BCUT2D eigenvalue weighted by atomic mass is 16.5. The van der Waals surface area contributed by atoms with Gasteiger partial charge in [0.05, 0.1) is 14.2 Å².